The Kier molecular flexibility index (Phi) is 12.7. The molecule has 0 aliphatic rings. The van der Waals surface area contributed by atoms with Crippen LogP contribution in [0, 0.1) is 0 Å². The monoisotopic (exact) mass is 316 g/mol. The van der Waals surface area contributed by atoms with E-state index in [1.54, 1.807) is 0 Å². The molecule has 0 aliphatic heterocycles. The van der Waals surface area contributed by atoms with E-state index in [1.165, 1.54) is 0 Å². The van der Waals surface area contributed by atoms with Crippen LogP contribution in [0.4, 0.5) is 0 Å². The van der Waals surface area contributed by atoms with E-state index in [2.05, 4.69) is 0 Å². The summed E-state index contributed by atoms with van der Waals surface area (Å²) in [6.45, 7) is 2.00. The van der Waals surface area contributed by atoms with Gasteiger partial charge in [-0.2, -0.15) is 16.8 Å². The van der Waals surface area contributed by atoms with Crippen molar-refractivity contribution in [1.29, 1.82) is 0 Å². The number of carbonyl (C=O) groups excluding carboxylic acids is 1. The Morgan fingerprint density at radius 3 is 1.00 bits per heavy atom. The number of hydrogen-bond acceptors (Lipinski definition) is 5. The molecule has 0 radical (unpaired) electrons. The summed E-state index contributed by atoms with van der Waals surface area (Å²) in [7, 11) is -8.68. The molecule has 11 heteroatoms. The molecule has 7 nitrogen and oxygen atoms in total. The molecular formula is C7H10Na2O7S2. The van der Waals surface area contributed by atoms with Crippen LogP contribution in [0.15, 0.2) is 34.1 Å². The van der Waals surface area contributed by atoms with Crippen molar-refractivity contribution in [2.24, 2.45) is 0 Å². The van der Waals surface area contributed by atoms with Crippen molar-refractivity contribution < 1.29 is 30.7 Å². The van der Waals surface area contributed by atoms with Crippen molar-refractivity contribution in [1.82, 2.24) is 0 Å². The molecule has 0 saturated heterocycles. The van der Waals surface area contributed by atoms with Crippen LogP contribution in [0.3, 0.4) is 0 Å². The molecule has 0 amide bonds. The molecule has 0 fully saturated rings. The first-order chi connectivity index (χ1) is 7.21. The average Bonchev–Trinajstić information content (AvgIpc) is 2.18. The van der Waals surface area contributed by atoms with Crippen LogP contribution in [0.1, 0.15) is 0 Å². The molecule has 0 atom stereocenters. The molecule has 0 spiro atoms. The average molecular weight is 316 g/mol. The third-order valence-electron chi connectivity index (χ3n) is 1.42. The Labute approximate surface area is 149 Å². The van der Waals surface area contributed by atoms with Crippen LogP contribution in [0.5, 0.6) is 0 Å². The molecule has 94 valence electrons. The number of benzene rings is 1. The van der Waals surface area contributed by atoms with E-state index >= 15 is 0 Å². The van der Waals surface area contributed by atoms with E-state index in [0.29, 0.717) is 0 Å². The maximum absolute atomic E-state index is 10.5. The van der Waals surface area contributed by atoms with Gasteiger partial charge in [-0.3, -0.25) is 9.11 Å². The Morgan fingerprint density at radius 2 is 0.889 bits per heavy atom. The first-order valence-electron chi connectivity index (χ1n) is 3.55. The van der Waals surface area contributed by atoms with Crippen LogP contribution >= 0.6 is 0 Å². The summed E-state index contributed by atoms with van der Waals surface area (Å²) in [5.74, 6) is 0. The van der Waals surface area contributed by atoms with Gasteiger partial charge in [0.2, 0.25) is 0 Å². The van der Waals surface area contributed by atoms with Gasteiger partial charge in [0.05, 0.1) is 9.79 Å². The molecule has 1 rings (SSSR count). The van der Waals surface area contributed by atoms with Crippen molar-refractivity contribution in [2.45, 2.75) is 9.79 Å². The molecule has 18 heavy (non-hydrogen) atoms. The predicted molar refractivity (Wildman–Crippen MR) is 67.5 cm³/mol. The summed E-state index contributed by atoms with van der Waals surface area (Å²) in [6, 6.07) is 3.49. The fourth-order valence-electron chi connectivity index (χ4n) is 0.784. The maximum atomic E-state index is 10.5. The Morgan fingerprint density at radius 1 is 0.722 bits per heavy atom. The summed E-state index contributed by atoms with van der Waals surface area (Å²) in [4.78, 5) is 7.12. The van der Waals surface area contributed by atoms with Gasteiger partial charge in [0.1, 0.15) is 6.79 Å². The van der Waals surface area contributed by atoms with Crippen LogP contribution in [0.25, 0.3) is 0 Å². The quantitative estimate of drug-likeness (QED) is 0.513. The molecule has 0 heterocycles. The number of carbonyl (C=O) groups is 1. The van der Waals surface area contributed by atoms with Gasteiger partial charge >= 0.3 is 59.1 Å². The molecule has 0 bridgehead atoms. The second kappa shape index (κ2) is 9.59. The van der Waals surface area contributed by atoms with Gasteiger partial charge in [-0.25, -0.2) is 0 Å². The van der Waals surface area contributed by atoms with Gasteiger partial charge in [0.15, 0.2) is 0 Å². The van der Waals surface area contributed by atoms with Gasteiger partial charge in [-0.15, -0.1) is 0 Å². The number of rotatable bonds is 2. The fourth-order valence-corrected chi connectivity index (χ4v) is 1.74. The second-order valence-corrected chi connectivity index (χ2v) is 5.26. The SMILES string of the molecule is C=O.O=S(=O)(O)c1ccc(S(=O)(=O)O)cc1.[NaH].[NaH]. The van der Waals surface area contributed by atoms with Crippen LogP contribution in [-0.2, 0) is 25.0 Å². The zero-order chi connectivity index (χ0) is 13.0. The van der Waals surface area contributed by atoms with Crippen molar-refractivity contribution in [3.8, 4) is 0 Å². The molecule has 1 aromatic rings. The summed E-state index contributed by atoms with van der Waals surface area (Å²) in [5.41, 5.74) is 0. The van der Waals surface area contributed by atoms with Gasteiger partial charge in [0, 0.05) is 0 Å². The van der Waals surface area contributed by atoms with Gasteiger partial charge < -0.3 is 4.79 Å². The van der Waals surface area contributed by atoms with E-state index in [0.717, 1.165) is 24.3 Å². The summed E-state index contributed by atoms with van der Waals surface area (Å²) in [5, 5.41) is 0. The van der Waals surface area contributed by atoms with Crippen molar-refractivity contribution in [3.05, 3.63) is 24.3 Å². The zero-order valence-electron chi connectivity index (χ0n) is 7.77. The third kappa shape index (κ3) is 8.00. The minimum absolute atomic E-state index is 0. The zero-order valence-corrected chi connectivity index (χ0v) is 9.40. The first kappa shape index (κ1) is 23.8. The first-order valence-corrected chi connectivity index (χ1v) is 6.43. The molecular weight excluding hydrogens is 306 g/mol. The van der Waals surface area contributed by atoms with Crippen LogP contribution < -0.4 is 0 Å². The Hall–Kier alpha value is 0.710. The number of hydrogen-bond donors (Lipinski definition) is 2. The fraction of sp³-hybridized carbons (Fsp3) is 0. The molecule has 0 aromatic heterocycles. The standard InChI is InChI=1S/C6H6O6S2.CH2O.2Na.2H/c7-13(8,9)5-1-2-6(4-3-5)14(10,11)12;1-2;;;;/h1-4H,(H,7,8,9)(H,10,11,12);1H2;;;;. The van der Waals surface area contributed by atoms with Crippen molar-refractivity contribution >= 4 is 86.1 Å². The van der Waals surface area contributed by atoms with Gasteiger partial charge in [-0.05, 0) is 24.3 Å². The van der Waals surface area contributed by atoms with Gasteiger partial charge in [-0.1, -0.05) is 0 Å². The van der Waals surface area contributed by atoms with E-state index in [1.807, 2.05) is 6.79 Å². The van der Waals surface area contributed by atoms with E-state index in [-0.39, 0.29) is 59.1 Å². The normalized spacial score (nSPS) is 10.1. The molecule has 1 aromatic carbocycles. The summed E-state index contributed by atoms with van der Waals surface area (Å²) >= 11 is 0. The Balaban J connectivity index is -0.000000534. The van der Waals surface area contributed by atoms with Crippen molar-refractivity contribution in [3.63, 3.8) is 0 Å². The van der Waals surface area contributed by atoms with Gasteiger partial charge in [0.25, 0.3) is 20.2 Å². The molecule has 0 unspecified atom stereocenters. The second-order valence-electron chi connectivity index (χ2n) is 2.42. The molecule has 0 saturated carbocycles. The minimum atomic E-state index is -4.34. The topological polar surface area (TPSA) is 126 Å². The molecule has 2 N–H and O–H groups in total. The van der Waals surface area contributed by atoms with E-state index in [9.17, 15) is 16.8 Å². The van der Waals surface area contributed by atoms with Crippen molar-refractivity contribution in [2.75, 3.05) is 0 Å². The Bertz CT molecular complexity index is 499. The molecule has 0 aliphatic carbocycles. The summed E-state index contributed by atoms with van der Waals surface area (Å²) in [6.07, 6.45) is 0. The summed E-state index contributed by atoms with van der Waals surface area (Å²) < 4.78 is 59.2. The van der Waals surface area contributed by atoms with E-state index < -0.39 is 30.0 Å². The van der Waals surface area contributed by atoms with Crippen LogP contribution in [-0.4, -0.2) is 91.8 Å². The van der Waals surface area contributed by atoms with E-state index in [4.69, 9.17) is 13.9 Å². The van der Waals surface area contributed by atoms with Crippen LogP contribution in [0.2, 0.25) is 0 Å². The third-order valence-corrected chi connectivity index (χ3v) is 3.16. The predicted octanol–water partition coefficient (Wildman–Crippen LogP) is -1.30.